The largest absolute Gasteiger partial charge is 0.496 e. The number of benzene rings is 3. The molecule has 0 unspecified atom stereocenters. The summed E-state index contributed by atoms with van der Waals surface area (Å²) in [5.41, 5.74) is 2.22. The summed E-state index contributed by atoms with van der Waals surface area (Å²) < 4.78 is 20.5. The van der Waals surface area contributed by atoms with Crippen LogP contribution in [0.1, 0.15) is 15.9 Å². The third-order valence-electron chi connectivity index (χ3n) is 5.35. The van der Waals surface area contributed by atoms with Crippen molar-refractivity contribution in [3.63, 3.8) is 0 Å². The Morgan fingerprint density at radius 3 is 2.79 bits per heavy atom. The first-order chi connectivity index (χ1) is 16.0. The van der Waals surface area contributed by atoms with E-state index in [0.717, 1.165) is 5.56 Å². The molecule has 9 heteroatoms. The van der Waals surface area contributed by atoms with E-state index in [9.17, 15) is 14.0 Å². The number of halogens is 1. The molecule has 0 saturated carbocycles. The number of aromatic nitrogens is 4. The van der Waals surface area contributed by atoms with E-state index in [-0.39, 0.29) is 18.1 Å². The van der Waals surface area contributed by atoms with Crippen LogP contribution in [0.15, 0.2) is 71.5 Å². The van der Waals surface area contributed by atoms with Crippen molar-refractivity contribution in [3.05, 3.63) is 94.0 Å². The first kappa shape index (κ1) is 20.4. The molecule has 0 spiro atoms. The van der Waals surface area contributed by atoms with Gasteiger partial charge in [0.1, 0.15) is 17.3 Å². The summed E-state index contributed by atoms with van der Waals surface area (Å²) in [5.74, 6) is -0.0607. The molecule has 0 aliphatic heterocycles. The number of aromatic amines is 1. The van der Waals surface area contributed by atoms with E-state index in [1.54, 1.807) is 37.4 Å². The van der Waals surface area contributed by atoms with Gasteiger partial charge in [-0.25, -0.2) is 14.1 Å². The number of fused-ring (bicyclic) bond motifs is 3. The minimum absolute atomic E-state index is 0.240. The first-order valence-corrected chi connectivity index (χ1v) is 10.1. The summed E-state index contributed by atoms with van der Waals surface area (Å²) in [7, 11) is 1.57. The Balaban J connectivity index is 1.53. The highest BCUT2D eigenvalue weighted by Gasteiger charge is 2.16. The molecule has 2 aromatic heterocycles. The number of ether oxygens (including phenoxy) is 1. The molecule has 8 nitrogen and oxygen atoms in total. The van der Waals surface area contributed by atoms with Crippen LogP contribution in [0.4, 0.5) is 4.39 Å². The summed E-state index contributed by atoms with van der Waals surface area (Å²) in [6.45, 7) is 0.278. The van der Waals surface area contributed by atoms with E-state index in [1.165, 1.54) is 16.6 Å². The molecule has 2 N–H and O–H groups in total. The minimum atomic E-state index is -0.468. The van der Waals surface area contributed by atoms with Gasteiger partial charge >= 0.3 is 0 Å². The van der Waals surface area contributed by atoms with Crippen LogP contribution in [0.5, 0.6) is 5.75 Å². The Kier molecular flexibility index (Phi) is 5.06. The van der Waals surface area contributed by atoms with Crippen LogP contribution in [-0.4, -0.2) is 32.8 Å². The molecular weight excluding hydrogens is 425 g/mol. The van der Waals surface area contributed by atoms with Crippen molar-refractivity contribution in [2.45, 2.75) is 6.54 Å². The maximum absolute atomic E-state index is 13.7. The van der Waals surface area contributed by atoms with E-state index < -0.39 is 11.4 Å². The van der Waals surface area contributed by atoms with Gasteiger partial charge in [0.05, 0.1) is 18.0 Å². The third kappa shape index (κ3) is 3.69. The number of nitrogens with one attached hydrogen (secondary N) is 2. The number of methoxy groups -OCH3 is 1. The molecule has 2 heterocycles. The van der Waals surface area contributed by atoms with Crippen LogP contribution in [0.3, 0.4) is 0 Å². The Hall–Kier alpha value is -4.53. The molecule has 0 fully saturated rings. The monoisotopic (exact) mass is 443 g/mol. The van der Waals surface area contributed by atoms with Crippen molar-refractivity contribution in [2.75, 3.05) is 7.11 Å². The second kappa shape index (κ2) is 8.19. The lowest BCUT2D eigenvalue weighted by molar-refractivity contribution is 0.0951. The zero-order valence-electron chi connectivity index (χ0n) is 17.5. The number of para-hydroxylation sites is 1. The fraction of sp³-hybridized carbons (Fsp3) is 0.0833. The van der Waals surface area contributed by atoms with E-state index in [0.29, 0.717) is 33.5 Å². The maximum Gasteiger partial charge on any atom is 0.281 e. The molecule has 5 rings (SSSR count). The molecule has 1 amide bonds. The second-order valence-electron chi connectivity index (χ2n) is 7.37. The molecule has 0 aliphatic rings. The molecule has 5 aromatic rings. The van der Waals surface area contributed by atoms with Gasteiger partial charge in [-0.2, -0.15) is 10.1 Å². The number of nitrogens with zero attached hydrogens (tertiary/aromatic N) is 3. The second-order valence-corrected chi connectivity index (χ2v) is 7.37. The van der Waals surface area contributed by atoms with Crippen LogP contribution in [0.2, 0.25) is 0 Å². The molecule has 33 heavy (non-hydrogen) atoms. The lowest BCUT2D eigenvalue weighted by Crippen LogP contribution is -2.23. The molecule has 3 aromatic carbocycles. The van der Waals surface area contributed by atoms with Crippen molar-refractivity contribution in [1.82, 2.24) is 25.1 Å². The van der Waals surface area contributed by atoms with Gasteiger partial charge in [-0.1, -0.05) is 30.3 Å². The average molecular weight is 443 g/mol. The zero-order chi connectivity index (χ0) is 22.9. The number of rotatable bonds is 5. The number of amides is 1. The number of carbonyl (C=O) groups is 1. The van der Waals surface area contributed by atoms with Crippen molar-refractivity contribution in [1.29, 1.82) is 0 Å². The molecule has 0 radical (unpaired) electrons. The lowest BCUT2D eigenvalue weighted by Gasteiger charge is -2.10. The molecule has 0 saturated heterocycles. The average Bonchev–Trinajstić information content (AvgIpc) is 3.26. The Morgan fingerprint density at radius 2 is 1.97 bits per heavy atom. The molecule has 164 valence electrons. The van der Waals surface area contributed by atoms with Gasteiger partial charge in [0, 0.05) is 23.2 Å². The van der Waals surface area contributed by atoms with Gasteiger partial charge in [-0.3, -0.25) is 9.59 Å². The highest BCUT2D eigenvalue weighted by molar-refractivity contribution is 5.98. The highest BCUT2D eigenvalue weighted by atomic mass is 19.1. The third-order valence-corrected chi connectivity index (χ3v) is 5.35. The SMILES string of the molecule is COc1ccccc1CNC(=O)c1ccc2c(=O)nc3c(-c4cccc(F)c4)n[nH]n3c2c1. The van der Waals surface area contributed by atoms with Crippen LogP contribution in [-0.2, 0) is 6.54 Å². The van der Waals surface area contributed by atoms with E-state index in [2.05, 4.69) is 20.6 Å². The maximum atomic E-state index is 13.7. The fourth-order valence-corrected chi connectivity index (χ4v) is 3.73. The van der Waals surface area contributed by atoms with Gasteiger partial charge in [0.2, 0.25) is 0 Å². The van der Waals surface area contributed by atoms with Gasteiger partial charge in [0.15, 0.2) is 5.65 Å². The summed E-state index contributed by atoms with van der Waals surface area (Å²) in [4.78, 5) is 29.6. The van der Waals surface area contributed by atoms with Crippen molar-refractivity contribution >= 4 is 22.5 Å². The minimum Gasteiger partial charge on any atom is -0.496 e. The molecule has 0 atom stereocenters. The normalized spacial score (nSPS) is 11.1. The van der Waals surface area contributed by atoms with Crippen LogP contribution < -0.4 is 15.6 Å². The summed E-state index contributed by atoms with van der Waals surface area (Å²) in [6, 6.07) is 18.0. The summed E-state index contributed by atoms with van der Waals surface area (Å²) in [6.07, 6.45) is 0. The predicted molar refractivity (Wildman–Crippen MR) is 121 cm³/mol. The summed E-state index contributed by atoms with van der Waals surface area (Å²) in [5, 5.41) is 10.2. The number of carbonyl (C=O) groups excluding carboxylic acids is 1. The summed E-state index contributed by atoms with van der Waals surface area (Å²) >= 11 is 0. The fourth-order valence-electron chi connectivity index (χ4n) is 3.73. The number of hydrogen-bond acceptors (Lipinski definition) is 5. The smallest absolute Gasteiger partial charge is 0.281 e. The Labute approximate surface area is 186 Å². The van der Waals surface area contributed by atoms with Gasteiger partial charge < -0.3 is 10.1 Å². The highest BCUT2D eigenvalue weighted by Crippen LogP contribution is 2.23. The molecular formula is C24H18FN5O3. The van der Waals surface area contributed by atoms with Gasteiger partial charge in [0.25, 0.3) is 11.5 Å². The van der Waals surface area contributed by atoms with Gasteiger partial charge in [-0.05, 0) is 36.4 Å². The standard InChI is InChI=1S/C24H18FN5O3/c1-33-20-8-3-2-5-16(20)13-26-23(31)15-9-10-18-19(12-15)30-22(27-24(18)32)21(28-29-30)14-6-4-7-17(25)11-14/h2-12,29H,13H2,1H3,(H,26,31). The Bertz CT molecular complexity index is 1570. The van der Waals surface area contributed by atoms with E-state index in [1.807, 2.05) is 24.3 Å². The van der Waals surface area contributed by atoms with E-state index >= 15 is 0 Å². The van der Waals surface area contributed by atoms with Crippen molar-refractivity contribution in [3.8, 4) is 17.0 Å². The van der Waals surface area contributed by atoms with Crippen LogP contribution in [0, 0.1) is 5.82 Å². The zero-order valence-corrected chi connectivity index (χ0v) is 17.5. The molecule has 0 aliphatic carbocycles. The lowest BCUT2D eigenvalue weighted by atomic mass is 10.1. The quantitative estimate of drug-likeness (QED) is 0.434. The van der Waals surface area contributed by atoms with Crippen molar-refractivity contribution in [2.24, 2.45) is 0 Å². The Morgan fingerprint density at radius 1 is 1.12 bits per heavy atom. The molecule has 0 bridgehead atoms. The number of H-pyrrole nitrogens is 1. The predicted octanol–water partition coefficient (Wildman–Crippen LogP) is 3.32. The first-order valence-electron chi connectivity index (χ1n) is 10.1. The van der Waals surface area contributed by atoms with Crippen molar-refractivity contribution < 1.29 is 13.9 Å². The topological polar surface area (TPSA) is 101 Å². The van der Waals surface area contributed by atoms with Gasteiger partial charge in [-0.15, -0.1) is 0 Å². The number of hydrogen-bond donors (Lipinski definition) is 2. The van der Waals surface area contributed by atoms with E-state index in [4.69, 9.17) is 4.74 Å². The van der Waals surface area contributed by atoms with Crippen LogP contribution >= 0.6 is 0 Å². The van der Waals surface area contributed by atoms with Crippen LogP contribution in [0.25, 0.3) is 27.8 Å².